The van der Waals surface area contributed by atoms with Crippen molar-refractivity contribution in [2.45, 2.75) is 19.4 Å². The summed E-state index contributed by atoms with van der Waals surface area (Å²) in [6, 6.07) is 0.182. The topological polar surface area (TPSA) is 47.7 Å². The van der Waals surface area contributed by atoms with Gasteiger partial charge in [0, 0.05) is 37.7 Å². The second-order valence-corrected chi connectivity index (χ2v) is 5.02. The van der Waals surface area contributed by atoms with E-state index in [-0.39, 0.29) is 11.5 Å². The molecular weight excluding hydrogens is 192 g/mol. The third-order valence-electron chi connectivity index (χ3n) is 3.52. The molecule has 15 heavy (non-hydrogen) atoms. The molecule has 2 aliphatic heterocycles. The SMILES string of the molecule is CC1(CN2CCCOCC2)COCC1N. The Morgan fingerprint density at radius 2 is 2.20 bits per heavy atom. The first-order valence-electron chi connectivity index (χ1n) is 5.84. The fourth-order valence-corrected chi connectivity index (χ4v) is 2.36. The largest absolute Gasteiger partial charge is 0.380 e. The van der Waals surface area contributed by atoms with Gasteiger partial charge < -0.3 is 20.1 Å². The van der Waals surface area contributed by atoms with Crippen LogP contribution in [0, 0.1) is 5.41 Å². The lowest BCUT2D eigenvalue weighted by Crippen LogP contribution is -2.47. The van der Waals surface area contributed by atoms with Crippen molar-refractivity contribution in [3.8, 4) is 0 Å². The summed E-state index contributed by atoms with van der Waals surface area (Å²) in [5.41, 5.74) is 6.22. The van der Waals surface area contributed by atoms with Crippen LogP contribution in [-0.4, -0.2) is 57.0 Å². The molecule has 0 aromatic carbocycles. The minimum atomic E-state index is 0.129. The van der Waals surface area contributed by atoms with Crippen LogP contribution in [0.15, 0.2) is 0 Å². The maximum Gasteiger partial charge on any atom is 0.0624 e. The second kappa shape index (κ2) is 4.78. The highest BCUT2D eigenvalue weighted by molar-refractivity contribution is 4.92. The van der Waals surface area contributed by atoms with Crippen molar-refractivity contribution in [3.05, 3.63) is 0 Å². The van der Waals surface area contributed by atoms with Crippen molar-refractivity contribution in [1.29, 1.82) is 0 Å². The third kappa shape index (κ3) is 2.69. The summed E-state index contributed by atoms with van der Waals surface area (Å²) in [4.78, 5) is 2.46. The molecule has 0 radical (unpaired) electrons. The standard InChI is InChI=1S/C11H22N2O2/c1-11(9-15-7-10(11)12)8-13-3-2-5-14-6-4-13/h10H,2-9,12H2,1H3. The molecule has 0 spiro atoms. The van der Waals surface area contributed by atoms with Crippen molar-refractivity contribution in [2.75, 3.05) is 46.1 Å². The Morgan fingerprint density at radius 1 is 1.33 bits per heavy atom. The third-order valence-corrected chi connectivity index (χ3v) is 3.52. The zero-order valence-electron chi connectivity index (χ0n) is 9.58. The number of rotatable bonds is 2. The Morgan fingerprint density at radius 3 is 2.93 bits per heavy atom. The molecule has 2 heterocycles. The van der Waals surface area contributed by atoms with Gasteiger partial charge in [-0.05, 0) is 6.42 Å². The maximum absolute atomic E-state index is 6.09. The molecule has 2 N–H and O–H groups in total. The highest BCUT2D eigenvalue weighted by Gasteiger charge is 2.38. The number of hydrogen-bond donors (Lipinski definition) is 1. The van der Waals surface area contributed by atoms with Crippen LogP contribution in [0.25, 0.3) is 0 Å². The van der Waals surface area contributed by atoms with Gasteiger partial charge in [0.05, 0.1) is 19.8 Å². The van der Waals surface area contributed by atoms with E-state index in [1.54, 1.807) is 0 Å². The zero-order chi connectivity index (χ0) is 10.7. The van der Waals surface area contributed by atoms with Gasteiger partial charge in [0.15, 0.2) is 0 Å². The predicted molar refractivity (Wildman–Crippen MR) is 58.8 cm³/mol. The predicted octanol–water partition coefficient (Wildman–Crippen LogP) is 0.0725. The quantitative estimate of drug-likeness (QED) is 0.707. The highest BCUT2D eigenvalue weighted by Crippen LogP contribution is 2.28. The van der Waals surface area contributed by atoms with Crippen LogP contribution < -0.4 is 5.73 Å². The Hall–Kier alpha value is -0.160. The Kier molecular flexibility index (Phi) is 3.61. The van der Waals surface area contributed by atoms with Gasteiger partial charge in [-0.25, -0.2) is 0 Å². The van der Waals surface area contributed by atoms with Gasteiger partial charge in [0.25, 0.3) is 0 Å². The number of nitrogens with zero attached hydrogens (tertiary/aromatic N) is 1. The summed E-state index contributed by atoms with van der Waals surface area (Å²) in [6.45, 7) is 8.69. The lowest BCUT2D eigenvalue weighted by molar-refractivity contribution is 0.108. The van der Waals surface area contributed by atoms with Crippen molar-refractivity contribution < 1.29 is 9.47 Å². The molecule has 2 atom stereocenters. The van der Waals surface area contributed by atoms with Gasteiger partial charge in [0.1, 0.15) is 0 Å². The van der Waals surface area contributed by atoms with E-state index in [1.165, 1.54) is 0 Å². The Bertz CT molecular complexity index is 205. The molecule has 88 valence electrons. The van der Waals surface area contributed by atoms with Crippen LogP contribution >= 0.6 is 0 Å². The normalized spacial score (nSPS) is 39.2. The fourth-order valence-electron chi connectivity index (χ4n) is 2.36. The van der Waals surface area contributed by atoms with E-state index >= 15 is 0 Å². The lowest BCUT2D eigenvalue weighted by atomic mass is 9.85. The number of hydrogen-bond acceptors (Lipinski definition) is 4. The smallest absolute Gasteiger partial charge is 0.0624 e. The summed E-state index contributed by atoms with van der Waals surface area (Å²) in [6.07, 6.45) is 1.13. The van der Waals surface area contributed by atoms with Crippen LogP contribution in [-0.2, 0) is 9.47 Å². The van der Waals surface area contributed by atoms with Gasteiger partial charge in [0.2, 0.25) is 0 Å². The fraction of sp³-hybridized carbons (Fsp3) is 1.00. The van der Waals surface area contributed by atoms with Crippen LogP contribution in [0.5, 0.6) is 0 Å². The molecule has 2 unspecified atom stereocenters. The van der Waals surface area contributed by atoms with E-state index in [1.807, 2.05) is 0 Å². The summed E-state index contributed by atoms with van der Waals surface area (Å²) >= 11 is 0. The Labute approximate surface area is 91.7 Å². The molecule has 0 amide bonds. The summed E-state index contributed by atoms with van der Waals surface area (Å²) in [7, 11) is 0. The molecule has 0 aromatic rings. The van der Waals surface area contributed by atoms with E-state index in [0.29, 0.717) is 6.61 Å². The van der Waals surface area contributed by atoms with E-state index in [4.69, 9.17) is 15.2 Å². The van der Waals surface area contributed by atoms with Gasteiger partial charge in [-0.15, -0.1) is 0 Å². The molecule has 0 saturated carbocycles. The van der Waals surface area contributed by atoms with E-state index in [0.717, 1.165) is 45.9 Å². The molecule has 2 fully saturated rings. The van der Waals surface area contributed by atoms with Crippen molar-refractivity contribution in [1.82, 2.24) is 4.90 Å². The first-order chi connectivity index (χ1) is 7.21. The van der Waals surface area contributed by atoms with E-state index in [2.05, 4.69) is 11.8 Å². The summed E-state index contributed by atoms with van der Waals surface area (Å²) in [5.74, 6) is 0. The van der Waals surface area contributed by atoms with Gasteiger partial charge in [-0.2, -0.15) is 0 Å². The maximum atomic E-state index is 6.09. The number of nitrogens with two attached hydrogens (primary N) is 1. The molecule has 2 rings (SSSR count). The summed E-state index contributed by atoms with van der Waals surface area (Å²) < 4.78 is 10.9. The minimum Gasteiger partial charge on any atom is -0.380 e. The molecule has 0 aromatic heterocycles. The van der Waals surface area contributed by atoms with E-state index < -0.39 is 0 Å². The molecule has 4 nitrogen and oxygen atoms in total. The average molecular weight is 214 g/mol. The highest BCUT2D eigenvalue weighted by atomic mass is 16.5. The molecule has 2 saturated heterocycles. The monoisotopic (exact) mass is 214 g/mol. The van der Waals surface area contributed by atoms with Crippen molar-refractivity contribution >= 4 is 0 Å². The van der Waals surface area contributed by atoms with Gasteiger partial charge in [-0.1, -0.05) is 6.92 Å². The second-order valence-electron chi connectivity index (χ2n) is 5.02. The molecule has 2 aliphatic rings. The molecular formula is C11H22N2O2. The average Bonchev–Trinajstić information content (AvgIpc) is 2.44. The van der Waals surface area contributed by atoms with Gasteiger partial charge >= 0.3 is 0 Å². The van der Waals surface area contributed by atoms with Crippen LogP contribution in [0.3, 0.4) is 0 Å². The van der Waals surface area contributed by atoms with Crippen molar-refractivity contribution in [2.24, 2.45) is 11.1 Å². The Balaban J connectivity index is 1.88. The lowest BCUT2D eigenvalue weighted by Gasteiger charge is -2.33. The van der Waals surface area contributed by atoms with Gasteiger partial charge in [-0.3, -0.25) is 0 Å². The molecule has 4 heteroatoms. The zero-order valence-corrected chi connectivity index (χ0v) is 9.58. The van der Waals surface area contributed by atoms with Crippen molar-refractivity contribution in [3.63, 3.8) is 0 Å². The summed E-state index contributed by atoms with van der Waals surface area (Å²) in [5, 5.41) is 0. The molecule has 0 bridgehead atoms. The van der Waals surface area contributed by atoms with Crippen LogP contribution in [0.4, 0.5) is 0 Å². The minimum absolute atomic E-state index is 0.129. The van der Waals surface area contributed by atoms with E-state index in [9.17, 15) is 0 Å². The molecule has 0 aliphatic carbocycles. The first kappa shape index (κ1) is 11.3. The van der Waals surface area contributed by atoms with Crippen LogP contribution in [0.1, 0.15) is 13.3 Å². The first-order valence-corrected chi connectivity index (χ1v) is 5.84. The van der Waals surface area contributed by atoms with Crippen LogP contribution in [0.2, 0.25) is 0 Å². The number of ether oxygens (including phenoxy) is 2.